The van der Waals surface area contributed by atoms with E-state index in [1.54, 1.807) is 0 Å². The minimum Gasteiger partial charge on any atom is -0.268 e. The number of hydrogen-bond donors (Lipinski definition) is 0. The Labute approximate surface area is 125 Å². The molecular formula is C14H10BrCl2N. The van der Waals surface area contributed by atoms with E-state index < -0.39 is 0 Å². The number of hydrogen-bond acceptors (Lipinski definition) is 1. The quantitative estimate of drug-likeness (QED) is 0.672. The first-order valence-electron chi connectivity index (χ1n) is 5.36. The van der Waals surface area contributed by atoms with Gasteiger partial charge in [0.25, 0.3) is 0 Å². The van der Waals surface area contributed by atoms with Crippen LogP contribution in [-0.2, 0) is 6.54 Å². The van der Waals surface area contributed by atoms with Crippen molar-refractivity contribution in [1.29, 1.82) is 0 Å². The van der Waals surface area contributed by atoms with Gasteiger partial charge in [-0.15, -0.1) is 0 Å². The van der Waals surface area contributed by atoms with Gasteiger partial charge >= 0.3 is 0 Å². The Balaban J connectivity index is 2.14. The highest BCUT2D eigenvalue weighted by Crippen LogP contribution is 2.17. The van der Waals surface area contributed by atoms with Crippen molar-refractivity contribution in [2.45, 2.75) is 6.54 Å². The van der Waals surface area contributed by atoms with E-state index in [9.17, 15) is 0 Å². The molecule has 0 aliphatic carbocycles. The fourth-order valence-corrected chi connectivity index (χ4v) is 2.11. The summed E-state index contributed by atoms with van der Waals surface area (Å²) in [5.74, 6) is 0. The second-order valence-corrected chi connectivity index (χ2v) is 5.39. The molecule has 0 heterocycles. The molecule has 1 nitrogen and oxygen atoms in total. The highest BCUT2D eigenvalue weighted by atomic mass is 79.9. The molecule has 4 heteroatoms. The number of nitrogens with zero attached hydrogens (tertiary/aromatic N) is 1. The Kier molecular flexibility index (Phi) is 4.81. The molecule has 0 unspecified atom stereocenters. The predicted molar refractivity (Wildman–Crippen MR) is 81.7 cm³/mol. The van der Waals surface area contributed by atoms with Crippen molar-refractivity contribution in [2.24, 2.45) is 4.99 Å². The van der Waals surface area contributed by atoms with Crippen molar-refractivity contribution in [2.75, 3.05) is 0 Å². The average molecular weight is 343 g/mol. The lowest BCUT2D eigenvalue weighted by atomic mass is 10.2. The molecule has 18 heavy (non-hydrogen) atoms. The standard InChI is InChI=1S/C14H10BrCl2N/c15-12-7-5-10(6-8-12)14(17)18-9-11-3-1-2-4-13(11)16/h1-8H,9H2. The summed E-state index contributed by atoms with van der Waals surface area (Å²) in [7, 11) is 0. The predicted octanol–water partition coefficient (Wildman–Crippen LogP) is 5.29. The van der Waals surface area contributed by atoms with Gasteiger partial charge in [0.05, 0.1) is 6.54 Å². The zero-order valence-corrected chi connectivity index (χ0v) is 12.5. The van der Waals surface area contributed by atoms with E-state index in [-0.39, 0.29) is 0 Å². The van der Waals surface area contributed by atoms with Gasteiger partial charge in [-0.1, -0.05) is 69.5 Å². The van der Waals surface area contributed by atoms with Crippen molar-refractivity contribution in [3.8, 4) is 0 Å². The van der Waals surface area contributed by atoms with Gasteiger partial charge in [0.15, 0.2) is 0 Å². The number of benzene rings is 2. The molecule has 0 saturated heterocycles. The van der Waals surface area contributed by atoms with Gasteiger partial charge in [-0.2, -0.15) is 0 Å². The van der Waals surface area contributed by atoms with Crippen LogP contribution in [0.3, 0.4) is 0 Å². The molecule has 2 aromatic rings. The van der Waals surface area contributed by atoms with Crippen molar-refractivity contribution < 1.29 is 0 Å². The van der Waals surface area contributed by atoms with Crippen LogP contribution in [0.2, 0.25) is 5.02 Å². The van der Waals surface area contributed by atoms with Crippen LogP contribution in [0.5, 0.6) is 0 Å². The Morgan fingerprint density at radius 2 is 1.72 bits per heavy atom. The molecule has 0 bridgehead atoms. The van der Waals surface area contributed by atoms with Crippen LogP contribution in [0.25, 0.3) is 0 Å². The minimum absolute atomic E-state index is 0.481. The molecule has 92 valence electrons. The highest BCUT2D eigenvalue weighted by molar-refractivity contribution is 9.10. The van der Waals surface area contributed by atoms with Gasteiger partial charge in [0.1, 0.15) is 5.17 Å². The molecule has 0 aliphatic rings. The fourth-order valence-electron chi connectivity index (χ4n) is 1.46. The highest BCUT2D eigenvalue weighted by Gasteiger charge is 2.01. The van der Waals surface area contributed by atoms with Crippen LogP contribution in [0, 0.1) is 0 Å². The molecular weight excluding hydrogens is 333 g/mol. The summed E-state index contributed by atoms with van der Waals surface area (Å²) >= 11 is 15.6. The van der Waals surface area contributed by atoms with Crippen LogP contribution in [0.1, 0.15) is 11.1 Å². The summed E-state index contributed by atoms with van der Waals surface area (Å²) in [5, 5.41) is 1.20. The molecule has 0 spiro atoms. The number of halogens is 3. The summed E-state index contributed by atoms with van der Waals surface area (Å²) in [6.07, 6.45) is 0. The number of aliphatic imine (C=N–C) groups is 1. The maximum atomic E-state index is 6.15. The summed E-state index contributed by atoms with van der Waals surface area (Å²) in [6, 6.07) is 15.3. The molecule has 2 aromatic carbocycles. The van der Waals surface area contributed by atoms with E-state index in [1.807, 2.05) is 48.5 Å². The Hall–Kier alpha value is -0.830. The third kappa shape index (κ3) is 3.58. The van der Waals surface area contributed by atoms with Gasteiger partial charge in [0, 0.05) is 15.1 Å². The topological polar surface area (TPSA) is 12.4 Å². The number of rotatable bonds is 3. The van der Waals surface area contributed by atoms with Crippen molar-refractivity contribution >= 4 is 44.3 Å². The van der Waals surface area contributed by atoms with Crippen molar-refractivity contribution in [1.82, 2.24) is 0 Å². The molecule has 0 aliphatic heterocycles. The Bertz CT molecular complexity index is 564. The van der Waals surface area contributed by atoms with Gasteiger partial charge in [-0.25, -0.2) is 0 Å². The van der Waals surface area contributed by atoms with Crippen molar-refractivity contribution in [3.05, 3.63) is 69.2 Å². The molecule has 0 radical (unpaired) electrons. The zero-order chi connectivity index (χ0) is 13.0. The van der Waals surface area contributed by atoms with Gasteiger partial charge in [0.2, 0.25) is 0 Å². The van der Waals surface area contributed by atoms with Crippen LogP contribution < -0.4 is 0 Å². The second-order valence-electron chi connectivity index (χ2n) is 3.71. The lowest BCUT2D eigenvalue weighted by molar-refractivity contribution is 1.07. The van der Waals surface area contributed by atoms with Crippen LogP contribution in [-0.4, -0.2) is 5.17 Å². The lowest BCUT2D eigenvalue weighted by Crippen LogP contribution is -1.93. The van der Waals surface area contributed by atoms with Crippen LogP contribution in [0.4, 0.5) is 0 Å². The first kappa shape index (κ1) is 13.6. The molecule has 0 saturated carbocycles. The van der Waals surface area contributed by atoms with E-state index in [0.717, 1.165) is 15.6 Å². The third-order valence-corrected chi connectivity index (χ3v) is 3.66. The van der Waals surface area contributed by atoms with E-state index in [1.165, 1.54) is 0 Å². The third-order valence-electron chi connectivity index (χ3n) is 2.43. The van der Waals surface area contributed by atoms with Gasteiger partial charge < -0.3 is 0 Å². The Morgan fingerprint density at radius 1 is 1.06 bits per heavy atom. The van der Waals surface area contributed by atoms with Crippen molar-refractivity contribution in [3.63, 3.8) is 0 Å². The minimum atomic E-state index is 0.481. The molecule has 0 atom stereocenters. The smallest absolute Gasteiger partial charge is 0.131 e. The molecule has 0 aromatic heterocycles. The summed E-state index contributed by atoms with van der Waals surface area (Å²) in [5.41, 5.74) is 1.86. The molecule has 0 N–H and O–H groups in total. The summed E-state index contributed by atoms with van der Waals surface area (Å²) in [6.45, 7) is 0.481. The maximum absolute atomic E-state index is 6.15. The van der Waals surface area contributed by atoms with Crippen LogP contribution >= 0.6 is 39.1 Å². The van der Waals surface area contributed by atoms with E-state index in [4.69, 9.17) is 23.2 Å². The van der Waals surface area contributed by atoms with Crippen LogP contribution in [0.15, 0.2) is 58.0 Å². The lowest BCUT2D eigenvalue weighted by Gasteiger charge is -2.02. The van der Waals surface area contributed by atoms with E-state index in [2.05, 4.69) is 20.9 Å². The zero-order valence-electron chi connectivity index (χ0n) is 9.41. The van der Waals surface area contributed by atoms with E-state index >= 15 is 0 Å². The largest absolute Gasteiger partial charge is 0.268 e. The SMILES string of the molecule is ClC(=NCc1ccccc1Cl)c1ccc(Br)cc1. The first-order valence-corrected chi connectivity index (χ1v) is 6.91. The molecule has 2 rings (SSSR count). The molecule has 0 fully saturated rings. The fraction of sp³-hybridized carbons (Fsp3) is 0.0714. The first-order chi connectivity index (χ1) is 8.66. The normalized spacial score (nSPS) is 11.6. The average Bonchev–Trinajstić information content (AvgIpc) is 2.38. The summed E-state index contributed by atoms with van der Waals surface area (Å²) in [4.78, 5) is 4.34. The monoisotopic (exact) mass is 341 g/mol. The second kappa shape index (κ2) is 6.37. The summed E-state index contributed by atoms with van der Waals surface area (Å²) < 4.78 is 1.02. The maximum Gasteiger partial charge on any atom is 0.131 e. The Morgan fingerprint density at radius 3 is 2.39 bits per heavy atom. The molecule has 0 amide bonds. The van der Waals surface area contributed by atoms with E-state index in [0.29, 0.717) is 16.7 Å². The van der Waals surface area contributed by atoms with Gasteiger partial charge in [-0.3, -0.25) is 4.99 Å². The van der Waals surface area contributed by atoms with Gasteiger partial charge in [-0.05, 0) is 23.8 Å².